The van der Waals surface area contributed by atoms with Gasteiger partial charge in [-0.25, -0.2) is 0 Å². The standard InChI is InChI=1S/C18H25N3O2/c1-18(2)11-7-6-10-15(18)19-12-16-20-21-17(23-16)13-8-4-5-9-14(13)22-3/h4-5,8-9,15,19H,6-7,10-12H2,1-3H3/t15-/m0/s1. The Labute approximate surface area is 137 Å². The van der Waals surface area contributed by atoms with Gasteiger partial charge in [0.15, 0.2) is 0 Å². The molecule has 1 aliphatic carbocycles. The number of benzene rings is 1. The molecule has 1 saturated carbocycles. The van der Waals surface area contributed by atoms with Crippen LogP contribution < -0.4 is 10.1 Å². The van der Waals surface area contributed by atoms with Crippen LogP contribution in [-0.4, -0.2) is 23.3 Å². The molecule has 2 aromatic rings. The number of hydrogen-bond donors (Lipinski definition) is 1. The molecule has 0 amide bonds. The summed E-state index contributed by atoms with van der Waals surface area (Å²) in [5, 5.41) is 11.9. The van der Waals surface area contributed by atoms with Crippen LogP contribution in [0.15, 0.2) is 28.7 Å². The molecule has 0 spiro atoms. The number of nitrogens with one attached hydrogen (secondary N) is 1. The second-order valence-corrected chi connectivity index (χ2v) is 6.87. The summed E-state index contributed by atoms with van der Waals surface area (Å²) >= 11 is 0. The summed E-state index contributed by atoms with van der Waals surface area (Å²) in [6.07, 6.45) is 5.09. The molecule has 0 saturated heterocycles. The van der Waals surface area contributed by atoms with Crippen LogP contribution in [0.3, 0.4) is 0 Å². The molecule has 0 radical (unpaired) electrons. The summed E-state index contributed by atoms with van der Waals surface area (Å²) < 4.78 is 11.2. The van der Waals surface area contributed by atoms with E-state index in [9.17, 15) is 0 Å². The number of aromatic nitrogens is 2. The first kappa shape index (κ1) is 16.0. The molecule has 0 aliphatic heterocycles. The van der Waals surface area contributed by atoms with Gasteiger partial charge in [-0.3, -0.25) is 0 Å². The van der Waals surface area contributed by atoms with Crippen molar-refractivity contribution in [1.82, 2.24) is 15.5 Å². The predicted octanol–water partition coefficient (Wildman–Crippen LogP) is 3.80. The van der Waals surface area contributed by atoms with Crippen LogP contribution in [0.2, 0.25) is 0 Å². The molecule has 1 N–H and O–H groups in total. The summed E-state index contributed by atoms with van der Waals surface area (Å²) in [7, 11) is 1.64. The molecule has 5 heteroatoms. The molecule has 23 heavy (non-hydrogen) atoms. The lowest BCUT2D eigenvalue weighted by atomic mass is 9.73. The highest BCUT2D eigenvalue weighted by Crippen LogP contribution is 2.35. The van der Waals surface area contributed by atoms with Gasteiger partial charge in [0.25, 0.3) is 5.89 Å². The van der Waals surface area contributed by atoms with Gasteiger partial charge in [-0.05, 0) is 30.4 Å². The van der Waals surface area contributed by atoms with Crippen LogP contribution in [0.1, 0.15) is 45.4 Å². The Hall–Kier alpha value is -1.88. The van der Waals surface area contributed by atoms with E-state index in [0.717, 1.165) is 11.3 Å². The van der Waals surface area contributed by atoms with Gasteiger partial charge in [-0.1, -0.05) is 38.8 Å². The first-order valence-electron chi connectivity index (χ1n) is 8.29. The molecule has 1 aliphatic rings. The summed E-state index contributed by atoms with van der Waals surface area (Å²) in [4.78, 5) is 0. The Morgan fingerprint density at radius 1 is 1.26 bits per heavy atom. The van der Waals surface area contributed by atoms with Crippen LogP contribution in [0.5, 0.6) is 5.75 Å². The second-order valence-electron chi connectivity index (χ2n) is 6.87. The van der Waals surface area contributed by atoms with E-state index in [2.05, 4.69) is 29.4 Å². The second kappa shape index (κ2) is 6.71. The minimum atomic E-state index is 0.323. The summed E-state index contributed by atoms with van der Waals surface area (Å²) in [6, 6.07) is 8.17. The van der Waals surface area contributed by atoms with Gasteiger partial charge in [-0.2, -0.15) is 0 Å². The highest BCUT2D eigenvalue weighted by atomic mass is 16.5. The SMILES string of the molecule is COc1ccccc1-c1nnc(CN[C@H]2CCCCC2(C)C)o1. The molecule has 124 valence electrons. The molecular formula is C18H25N3O2. The van der Waals surface area contributed by atoms with Crippen molar-refractivity contribution >= 4 is 0 Å². The lowest BCUT2D eigenvalue weighted by molar-refractivity contribution is 0.163. The number of para-hydroxylation sites is 1. The number of nitrogens with zero attached hydrogens (tertiary/aromatic N) is 2. The zero-order valence-electron chi connectivity index (χ0n) is 14.1. The number of ether oxygens (including phenoxy) is 1. The van der Waals surface area contributed by atoms with E-state index in [-0.39, 0.29) is 0 Å². The van der Waals surface area contributed by atoms with Crippen LogP contribution >= 0.6 is 0 Å². The molecular weight excluding hydrogens is 290 g/mol. The molecule has 1 aromatic heterocycles. The molecule has 0 unspecified atom stereocenters. The van der Waals surface area contributed by atoms with Crippen LogP contribution in [-0.2, 0) is 6.54 Å². The minimum absolute atomic E-state index is 0.323. The van der Waals surface area contributed by atoms with Crippen molar-refractivity contribution < 1.29 is 9.15 Å². The molecule has 1 atom stereocenters. The van der Waals surface area contributed by atoms with Gasteiger partial charge in [0.05, 0.1) is 19.2 Å². The monoisotopic (exact) mass is 315 g/mol. The third kappa shape index (κ3) is 3.55. The van der Waals surface area contributed by atoms with Gasteiger partial charge in [0.2, 0.25) is 5.89 Å². The van der Waals surface area contributed by atoms with Gasteiger partial charge >= 0.3 is 0 Å². The Balaban J connectivity index is 1.68. The largest absolute Gasteiger partial charge is 0.496 e. The van der Waals surface area contributed by atoms with E-state index in [4.69, 9.17) is 9.15 Å². The Morgan fingerprint density at radius 2 is 2.09 bits per heavy atom. The topological polar surface area (TPSA) is 60.2 Å². The molecule has 5 nitrogen and oxygen atoms in total. The van der Waals surface area contributed by atoms with E-state index >= 15 is 0 Å². The third-order valence-corrected chi connectivity index (χ3v) is 4.81. The van der Waals surface area contributed by atoms with Gasteiger partial charge < -0.3 is 14.5 Å². The maximum atomic E-state index is 5.81. The zero-order valence-corrected chi connectivity index (χ0v) is 14.1. The average molecular weight is 315 g/mol. The first-order valence-corrected chi connectivity index (χ1v) is 8.29. The van der Waals surface area contributed by atoms with Crippen molar-refractivity contribution in [2.75, 3.05) is 7.11 Å². The lowest BCUT2D eigenvalue weighted by Crippen LogP contribution is -2.43. The smallest absolute Gasteiger partial charge is 0.251 e. The Morgan fingerprint density at radius 3 is 2.87 bits per heavy atom. The van der Waals surface area contributed by atoms with E-state index in [1.165, 1.54) is 25.7 Å². The van der Waals surface area contributed by atoms with Gasteiger partial charge in [-0.15, -0.1) is 10.2 Å². The first-order chi connectivity index (χ1) is 11.1. The van der Waals surface area contributed by atoms with Crippen molar-refractivity contribution in [3.05, 3.63) is 30.2 Å². The van der Waals surface area contributed by atoms with Gasteiger partial charge in [0, 0.05) is 6.04 Å². The highest BCUT2D eigenvalue weighted by molar-refractivity contribution is 5.62. The minimum Gasteiger partial charge on any atom is -0.496 e. The van der Waals surface area contributed by atoms with Gasteiger partial charge in [0.1, 0.15) is 5.75 Å². The van der Waals surface area contributed by atoms with Crippen LogP contribution in [0, 0.1) is 5.41 Å². The van der Waals surface area contributed by atoms with E-state index in [1.54, 1.807) is 7.11 Å². The Kier molecular flexibility index (Phi) is 4.66. The summed E-state index contributed by atoms with van der Waals surface area (Å²) in [5.74, 6) is 1.86. The van der Waals surface area contributed by atoms with E-state index in [1.807, 2.05) is 24.3 Å². The van der Waals surface area contributed by atoms with Crippen molar-refractivity contribution in [3.63, 3.8) is 0 Å². The van der Waals surface area contributed by atoms with Crippen molar-refractivity contribution in [1.29, 1.82) is 0 Å². The highest BCUT2D eigenvalue weighted by Gasteiger charge is 2.31. The maximum absolute atomic E-state index is 5.81. The molecule has 3 rings (SSSR count). The fourth-order valence-electron chi connectivity index (χ4n) is 3.34. The Bertz CT molecular complexity index is 651. The molecule has 0 bridgehead atoms. The zero-order chi connectivity index (χ0) is 16.3. The number of hydrogen-bond acceptors (Lipinski definition) is 5. The summed E-state index contributed by atoms with van der Waals surface area (Å²) in [5.41, 5.74) is 1.15. The van der Waals surface area contributed by atoms with Crippen molar-refractivity contribution in [3.8, 4) is 17.2 Å². The normalized spacial score (nSPS) is 20.4. The molecule has 1 heterocycles. The quantitative estimate of drug-likeness (QED) is 0.909. The fourth-order valence-corrected chi connectivity index (χ4v) is 3.34. The average Bonchev–Trinajstić information content (AvgIpc) is 3.02. The van der Waals surface area contributed by atoms with Crippen LogP contribution in [0.25, 0.3) is 11.5 Å². The van der Waals surface area contributed by atoms with Crippen molar-refractivity contribution in [2.24, 2.45) is 5.41 Å². The van der Waals surface area contributed by atoms with E-state index in [0.29, 0.717) is 29.8 Å². The van der Waals surface area contributed by atoms with Crippen molar-refractivity contribution in [2.45, 2.75) is 52.1 Å². The maximum Gasteiger partial charge on any atom is 0.251 e. The fraction of sp³-hybridized carbons (Fsp3) is 0.556. The molecule has 1 aromatic carbocycles. The van der Waals surface area contributed by atoms with Crippen LogP contribution in [0.4, 0.5) is 0 Å². The lowest BCUT2D eigenvalue weighted by Gasteiger charge is -2.39. The number of rotatable bonds is 5. The third-order valence-electron chi connectivity index (χ3n) is 4.81. The number of methoxy groups -OCH3 is 1. The predicted molar refractivity (Wildman–Crippen MR) is 89.2 cm³/mol. The van der Waals surface area contributed by atoms with E-state index < -0.39 is 0 Å². The molecule has 1 fully saturated rings. The summed E-state index contributed by atoms with van der Waals surface area (Å²) in [6.45, 7) is 5.27.